The number of hydrogen-bond donors (Lipinski definition) is 0. The lowest BCUT2D eigenvalue weighted by Gasteiger charge is -2.62. The molecule has 0 bridgehead atoms. The van der Waals surface area contributed by atoms with Gasteiger partial charge in [-0.3, -0.25) is 4.90 Å². The molecule has 17 aliphatic rings. The Balaban J connectivity index is 0.876. The zero-order chi connectivity index (χ0) is 38.0. The molecule has 13 saturated carbocycles. The van der Waals surface area contributed by atoms with Crippen LogP contribution in [0.1, 0.15) is 69.9 Å². The molecule has 0 radical (unpaired) electrons. The van der Waals surface area contributed by atoms with E-state index in [1.807, 2.05) is 0 Å². The maximum absolute atomic E-state index is 6.52. The van der Waals surface area contributed by atoms with Gasteiger partial charge < -0.3 is 9.47 Å². The lowest BCUT2D eigenvalue weighted by molar-refractivity contribution is -0.149. The van der Waals surface area contributed by atoms with Gasteiger partial charge in [0.15, 0.2) is 0 Å². The van der Waals surface area contributed by atoms with Gasteiger partial charge in [-0.1, -0.05) is 64.8 Å². The molecular formula is C57H65NO2. The maximum Gasteiger partial charge on any atom is 0.0701 e. The van der Waals surface area contributed by atoms with Crippen LogP contribution in [0.2, 0.25) is 0 Å². The van der Waals surface area contributed by atoms with Crippen LogP contribution in [0, 0.1) is 159 Å². The zero-order valence-corrected chi connectivity index (χ0v) is 35.8. The second-order valence-corrected chi connectivity index (χ2v) is 26.0. The fourth-order valence-corrected chi connectivity index (χ4v) is 27.2. The quantitative estimate of drug-likeness (QED) is 0.196. The SMILES string of the molecule is CCOCCOCCN1CC2C3=C4C5C6=C(C3)CC3CC7CC8CC9CC%10CC%11CC2(C2C4C4C5C5C(C63)C7C3C8C9C6C%10C(C4C6C35)C%112)C1c1cccc2ccccc12. The Hall–Kier alpha value is -1.94. The summed E-state index contributed by atoms with van der Waals surface area (Å²) >= 11 is 0. The van der Waals surface area contributed by atoms with E-state index in [0.717, 1.165) is 181 Å². The molecule has 14 fully saturated rings. The van der Waals surface area contributed by atoms with E-state index < -0.39 is 0 Å². The minimum Gasteiger partial charge on any atom is -0.379 e. The molecule has 1 saturated heterocycles. The van der Waals surface area contributed by atoms with Crippen LogP contribution in [0.3, 0.4) is 0 Å². The van der Waals surface area contributed by atoms with Crippen molar-refractivity contribution in [3.63, 3.8) is 0 Å². The molecule has 1 spiro atoms. The number of benzene rings is 2. The monoisotopic (exact) mass is 796 g/mol. The van der Waals surface area contributed by atoms with Crippen LogP contribution in [-0.4, -0.2) is 44.4 Å². The van der Waals surface area contributed by atoms with Crippen molar-refractivity contribution >= 4 is 10.8 Å². The first kappa shape index (κ1) is 32.7. The molecule has 1 aliphatic heterocycles. The average molecular weight is 796 g/mol. The number of ether oxygens (including phenoxy) is 2. The molecule has 1 heterocycles. The second kappa shape index (κ2) is 10.3. The molecule has 2 aromatic rings. The van der Waals surface area contributed by atoms with Crippen LogP contribution in [0.25, 0.3) is 10.8 Å². The predicted octanol–water partition coefficient (Wildman–Crippen LogP) is 10.2. The molecule has 310 valence electrons. The van der Waals surface area contributed by atoms with Gasteiger partial charge >= 0.3 is 0 Å². The smallest absolute Gasteiger partial charge is 0.0701 e. The Morgan fingerprint density at radius 2 is 1.25 bits per heavy atom. The van der Waals surface area contributed by atoms with Crippen LogP contribution >= 0.6 is 0 Å². The van der Waals surface area contributed by atoms with Gasteiger partial charge in [0.2, 0.25) is 0 Å². The topological polar surface area (TPSA) is 21.7 Å². The van der Waals surface area contributed by atoms with Crippen molar-refractivity contribution in [1.82, 2.24) is 4.90 Å². The Bertz CT molecular complexity index is 2430. The fraction of sp³-hybridized carbons (Fsp3) is 0.754. The minimum absolute atomic E-state index is 0.373. The highest BCUT2D eigenvalue weighted by molar-refractivity contribution is 5.86. The molecular weight excluding hydrogens is 731 g/mol. The van der Waals surface area contributed by atoms with Crippen LogP contribution < -0.4 is 0 Å². The number of likely N-dealkylation sites (tertiary alicyclic amines) is 1. The molecule has 28 atom stereocenters. The number of allylic oxidation sites excluding steroid dienone is 3. The molecule has 0 N–H and O–H groups in total. The molecule has 0 amide bonds. The summed E-state index contributed by atoms with van der Waals surface area (Å²) in [5.74, 6) is 27.7. The number of hydrogen-bond acceptors (Lipinski definition) is 3. The van der Waals surface area contributed by atoms with E-state index in [-0.39, 0.29) is 0 Å². The molecule has 0 aromatic heterocycles. The summed E-state index contributed by atoms with van der Waals surface area (Å²) in [5.41, 5.74) is 10.8. The van der Waals surface area contributed by atoms with Crippen molar-refractivity contribution in [2.45, 2.75) is 64.3 Å². The third kappa shape index (κ3) is 3.10. The van der Waals surface area contributed by atoms with Gasteiger partial charge in [0.1, 0.15) is 0 Å². The largest absolute Gasteiger partial charge is 0.379 e. The van der Waals surface area contributed by atoms with Gasteiger partial charge in [-0.25, -0.2) is 0 Å². The number of nitrogens with zero attached hydrogens (tertiary/aromatic N) is 1. The van der Waals surface area contributed by atoms with E-state index in [9.17, 15) is 0 Å². The standard InChI is InChI=1S/C57H65NO2/c1-2-59-12-13-60-11-10-58-22-34-33-20-29-18-26-16-27-15-24-14-25-17-28-19-30-21-57(34,56(58)32-9-5-7-23-6-3-4-8-31(23)32)55-41(30)46-40(28)45-36(25)35(24)43-39(27)44-37(26)38(29)47-42(33)54(55)53-51(46)49(45)48(43)50(44)52(47)53/h3-9,24-28,30,34-37,39-41,43-56H,2,10-22H2,1H3. The van der Waals surface area contributed by atoms with Crippen LogP contribution in [0.4, 0.5) is 0 Å². The molecule has 3 nitrogen and oxygen atoms in total. The zero-order valence-electron chi connectivity index (χ0n) is 35.8. The number of fused-ring (bicyclic) bond motifs is 2. The Morgan fingerprint density at radius 3 is 2.08 bits per heavy atom. The van der Waals surface area contributed by atoms with Gasteiger partial charge in [-0.15, -0.1) is 0 Å². The van der Waals surface area contributed by atoms with E-state index in [1.165, 1.54) is 30.7 Å². The van der Waals surface area contributed by atoms with Crippen molar-refractivity contribution in [2.75, 3.05) is 39.5 Å². The second-order valence-electron chi connectivity index (χ2n) is 26.0. The highest BCUT2D eigenvalue weighted by Gasteiger charge is 2.88. The molecule has 2 aromatic carbocycles. The van der Waals surface area contributed by atoms with Crippen molar-refractivity contribution in [3.8, 4) is 0 Å². The molecule has 28 unspecified atom stereocenters. The van der Waals surface area contributed by atoms with Gasteiger partial charge in [0, 0.05) is 43.0 Å². The Labute approximate surface area is 357 Å². The summed E-state index contributed by atoms with van der Waals surface area (Å²) in [4.78, 5) is 3.12. The average Bonchev–Trinajstić information content (AvgIpc) is 4.12. The van der Waals surface area contributed by atoms with Gasteiger partial charge in [-0.2, -0.15) is 0 Å². The van der Waals surface area contributed by atoms with E-state index in [2.05, 4.69) is 76.6 Å². The highest BCUT2D eigenvalue weighted by atomic mass is 16.5. The summed E-state index contributed by atoms with van der Waals surface area (Å²) in [7, 11) is 0. The summed E-state index contributed by atoms with van der Waals surface area (Å²) < 4.78 is 12.3. The van der Waals surface area contributed by atoms with Gasteiger partial charge in [-0.05, 0) is 217 Å². The van der Waals surface area contributed by atoms with Crippen molar-refractivity contribution < 1.29 is 9.47 Å². The highest BCUT2D eigenvalue weighted by Crippen LogP contribution is 2.93. The normalized spacial score (nSPS) is 62.0. The lowest BCUT2D eigenvalue weighted by atomic mass is 9.41. The Morgan fingerprint density at radius 1 is 0.600 bits per heavy atom. The Kier molecular flexibility index (Phi) is 5.60. The van der Waals surface area contributed by atoms with Gasteiger partial charge in [0.05, 0.1) is 19.8 Å². The summed E-state index contributed by atoms with van der Waals surface area (Å²) in [6.07, 6.45) is 12.8. The van der Waals surface area contributed by atoms with E-state index in [0.29, 0.717) is 11.5 Å². The maximum atomic E-state index is 6.52. The van der Waals surface area contributed by atoms with Crippen LogP contribution in [0.15, 0.2) is 64.8 Å². The van der Waals surface area contributed by atoms with E-state index >= 15 is 0 Å². The van der Waals surface area contributed by atoms with Crippen molar-refractivity contribution in [1.29, 1.82) is 0 Å². The molecule has 16 aliphatic carbocycles. The molecule has 3 heteroatoms. The van der Waals surface area contributed by atoms with Crippen molar-refractivity contribution in [3.05, 3.63) is 70.3 Å². The minimum atomic E-state index is 0.373. The fourth-order valence-electron chi connectivity index (χ4n) is 27.2. The van der Waals surface area contributed by atoms with Crippen LogP contribution in [0.5, 0.6) is 0 Å². The predicted molar refractivity (Wildman–Crippen MR) is 230 cm³/mol. The summed E-state index contributed by atoms with van der Waals surface area (Å²) in [6, 6.07) is 17.7. The third-order valence-corrected chi connectivity index (χ3v) is 26.2. The van der Waals surface area contributed by atoms with E-state index in [1.54, 1.807) is 49.5 Å². The summed E-state index contributed by atoms with van der Waals surface area (Å²) in [5, 5.41) is 3.03. The number of rotatable bonds is 8. The van der Waals surface area contributed by atoms with E-state index in [4.69, 9.17) is 9.47 Å². The first-order chi connectivity index (χ1) is 29.7. The first-order valence-corrected chi connectivity index (χ1v) is 26.6. The van der Waals surface area contributed by atoms with Gasteiger partial charge in [0.25, 0.3) is 0 Å². The molecule has 60 heavy (non-hydrogen) atoms. The third-order valence-electron chi connectivity index (χ3n) is 26.2. The molecule has 19 rings (SSSR count). The van der Waals surface area contributed by atoms with Crippen molar-refractivity contribution in [2.24, 2.45) is 159 Å². The first-order valence-electron chi connectivity index (χ1n) is 26.6. The van der Waals surface area contributed by atoms with Crippen LogP contribution in [-0.2, 0) is 9.47 Å². The lowest BCUT2D eigenvalue weighted by Crippen LogP contribution is -2.59. The summed E-state index contributed by atoms with van der Waals surface area (Å²) in [6.45, 7) is 7.56.